The van der Waals surface area contributed by atoms with Gasteiger partial charge in [0.05, 0.1) is 0 Å². The first-order valence-electron chi connectivity index (χ1n) is 7.03. The summed E-state index contributed by atoms with van der Waals surface area (Å²) >= 11 is 3.65. The molecule has 1 aromatic rings. The van der Waals surface area contributed by atoms with Gasteiger partial charge in [0, 0.05) is 19.6 Å². The topological polar surface area (TPSA) is 41.1 Å². The molecule has 1 aliphatic rings. The third-order valence-corrected chi connectivity index (χ3v) is 4.46. The molecule has 2 rings (SSSR count). The van der Waals surface area contributed by atoms with Gasteiger partial charge in [-0.25, -0.2) is 9.97 Å². The van der Waals surface area contributed by atoms with Crippen molar-refractivity contribution in [2.24, 2.45) is 5.41 Å². The molecule has 0 saturated carbocycles. The number of nitrogens with zero attached hydrogens (tertiary/aromatic N) is 3. The normalized spacial score (nSPS) is 18.4. The van der Waals surface area contributed by atoms with Gasteiger partial charge in [-0.1, -0.05) is 20.8 Å². The van der Waals surface area contributed by atoms with Crippen LogP contribution in [0, 0.1) is 5.41 Å². The molecular weight excluding hydrogens is 304 g/mol. The van der Waals surface area contributed by atoms with Crippen LogP contribution in [-0.4, -0.2) is 29.6 Å². The van der Waals surface area contributed by atoms with Gasteiger partial charge in [-0.2, -0.15) is 0 Å². The minimum Gasteiger partial charge on any atom is -0.369 e. The van der Waals surface area contributed by atoms with Crippen molar-refractivity contribution in [1.29, 1.82) is 0 Å². The van der Waals surface area contributed by atoms with Gasteiger partial charge in [0.2, 0.25) is 0 Å². The fraction of sp³-hybridized carbons (Fsp3) is 0.714. The highest BCUT2D eigenvalue weighted by Crippen LogP contribution is 2.35. The fourth-order valence-corrected chi connectivity index (χ4v) is 2.87. The summed E-state index contributed by atoms with van der Waals surface area (Å²) in [6.07, 6.45) is 5.16. The molecule has 0 atom stereocenters. The quantitative estimate of drug-likeness (QED) is 0.916. The predicted molar refractivity (Wildman–Crippen MR) is 83.7 cm³/mol. The first kappa shape index (κ1) is 14.6. The largest absolute Gasteiger partial charge is 0.369 e. The first-order chi connectivity index (χ1) is 9.03. The van der Waals surface area contributed by atoms with E-state index in [0.29, 0.717) is 5.41 Å². The molecule has 0 bridgehead atoms. The standard InChI is InChI=1S/C14H23BrN4/c1-4-7-16-12-11(15)13(18-10-17-12)19-8-5-14(2,3)6-9-19/h10H,4-9H2,1-3H3,(H,16,17,18). The van der Waals surface area contributed by atoms with Crippen LogP contribution in [0.5, 0.6) is 0 Å². The molecule has 1 saturated heterocycles. The van der Waals surface area contributed by atoms with Crippen LogP contribution in [0.2, 0.25) is 0 Å². The van der Waals surface area contributed by atoms with E-state index in [-0.39, 0.29) is 0 Å². The minimum atomic E-state index is 0.458. The number of piperidine rings is 1. The average molecular weight is 327 g/mol. The molecule has 4 nitrogen and oxygen atoms in total. The predicted octanol–water partition coefficient (Wildman–Crippen LogP) is 3.69. The molecule has 1 aliphatic heterocycles. The van der Waals surface area contributed by atoms with Crippen molar-refractivity contribution >= 4 is 27.6 Å². The molecule has 1 N–H and O–H groups in total. The molecule has 1 aromatic heterocycles. The molecule has 1 fully saturated rings. The van der Waals surface area contributed by atoms with E-state index in [1.54, 1.807) is 6.33 Å². The Balaban J connectivity index is 2.12. The Bertz CT molecular complexity index is 423. The fourth-order valence-electron chi connectivity index (χ4n) is 2.27. The van der Waals surface area contributed by atoms with Crippen LogP contribution in [0.3, 0.4) is 0 Å². The summed E-state index contributed by atoms with van der Waals surface area (Å²) in [6, 6.07) is 0. The van der Waals surface area contributed by atoms with Gasteiger partial charge in [-0.15, -0.1) is 0 Å². The second-order valence-electron chi connectivity index (χ2n) is 5.94. The smallest absolute Gasteiger partial charge is 0.148 e. The molecule has 0 aromatic carbocycles. The highest BCUT2D eigenvalue weighted by atomic mass is 79.9. The van der Waals surface area contributed by atoms with E-state index in [1.807, 2.05) is 0 Å². The summed E-state index contributed by atoms with van der Waals surface area (Å²) in [5.41, 5.74) is 0.458. The number of anilines is 2. The molecule has 19 heavy (non-hydrogen) atoms. The number of halogens is 1. The van der Waals surface area contributed by atoms with E-state index in [2.05, 4.69) is 56.9 Å². The molecule has 106 valence electrons. The van der Waals surface area contributed by atoms with Gasteiger partial charge < -0.3 is 10.2 Å². The number of rotatable bonds is 4. The van der Waals surface area contributed by atoms with Crippen molar-refractivity contribution in [2.75, 3.05) is 29.9 Å². The van der Waals surface area contributed by atoms with Crippen molar-refractivity contribution in [3.63, 3.8) is 0 Å². The van der Waals surface area contributed by atoms with Crippen LogP contribution in [0.1, 0.15) is 40.0 Å². The van der Waals surface area contributed by atoms with Gasteiger partial charge in [0.1, 0.15) is 22.4 Å². The zero-order valence-corrected chi connectivity index (χ0v) is 13.6. The molecule has 5 heteroatoms. The Hall–Kier alpha value is -0.840. The molecule has 0 spiro atoms. The maximum absolute atomic E-state index is 4.45. The van der Waals surface area contributed by atoms with E-state index >= 15 is 0 Å². The zero-order valence-electron chi connectivity index (χ0n) is 12.0. The van der Waals surface area contributed by atoms with Crippen molar-refractivity contribution in [1.82, 2.24) is 9.97 Å². The maximum atomic E-state index is 4.45. The molecule has 0 amide bonds. The number of aromatic nitrogens is 2. The van der Waals surface area contributed by atoms with Gasteiger partial charge in [-0.05, 0) is 40.6 Å². The second kappa shape index (κ2) is 6.07. The Morgan fingerprint density at radius 2 is 2.00 bits per heavy atom. The van der Waals surface area contributed by atoms with Crippen LogP contribution in [0.25, 0.3) is 0 Å². The number of hydrogen-bond acceptors (Lipinski definition) is 4. The van der Waals surface area contributed by atoms with Gasteiger partial charge in [-0.3, -0.25) is 0 Å². The Kier molecular flexibility index (Phi) is 4.66. The Morgan fingerprint density at radius 1 is 1.32 bits per heavy atom. The summed E-state index contributed by atoms with van der Waals surface area (Å²) in [4.78, 5) is 11.1. The second-order valence-corrected chi connectivity index (χ2v) is 6.73. The monoisotopic (exact) mass is 326 g/mol. The van der Waals surface area contributed by atoms with Crippen molar-refractivity contribution in [3.8, 4) is 0 Å². The molecule has 0 radical (unpaired) electrons. The summed E-state index contributed by atoms with van der Waals surface area (Å²) in [6.45, 7) is 9.89. The third-order valence-electron chi connectivity index (χ3n) is 3.73. The van der Waals surface area contributed by atoms with Gasteiger partial charge in [0.25, 0.3) is 0 Å². The van der Waals surface area contributed by atoms with E-state index in [4.69, 9.17) is 0 Å². The first-order valence-corrected chi connectivity index (χ1v) is 7.82. The van der Waals surface area contributed by atoms with E-state index in [9.17, 15) is 0 Å². The van der Waals surface area contributed by atoms with Crippen LogP contribution < -0.4 is 10.2 Å². The average Bonchev–Trinajstić information content (AvgIpc) is 2.38. The SMILES string of the molecule is CCCNc1ncnc(N2CCC(C)(C)CC2)c1Br. The van der Waals surface area contributed by atoms with Crippen molar-refractivity contribution < 1.29 is 0 Å². The Labute approximate surface area is 124 Å². The highest BCUT2D eigenvalue weighted by molar-refractivity contribution is 9.10. The van der Waals surface area contributed by atoms with Crippen LogP contribution in [-0.2, 0) is 0 Å². The van der Waals surface area contributed by atoms with E-state index < -0.39 is 0 Å². The summed E-state index contributed by atoms with van der Waals surface area (Å²) < 4.78 is 0.989. The number of nitrogens with one attached hydrogen (secondary N) is 1. The van der Waals surface area contributed by atoms with E-state index in [0.717, 1.165) is 42.2 Å². The molecule has 0 unspecified atom stereocenters. The van der Waals surface area contributed by atoms with Crippen LogP contribution >= 0.6 is 15.9 Å². The lowest BCUT2D eigenvalue weighted by Crippen LogP contribution is -2.38. The molecular formula is C14H23BrN4. The van der Waals surface area contributed by atoms with Gasteiger partial charge in [0.15, 0.2) is 0 Å². The maximum Gasteiger partial charge on any atom is 0.148 e. The molecule has 2 heterocycles. The Morgan fingerprint density at radius 3 is 2.63 bits per heavy atom. The lowest BCUT2D eigenvalue weighted by atomic mass is 9.83. The van der Waals surface area contributed by atoms with Crippen LogP contribution in [0.4, 0.5) is 11.6 Å². The summed E-state index contributed by atoms with van der Waals surface area (Å²) in [5.74, 6) is 1.92. The number of hydrogen-bond donors (Lipinski definition) is 1. The summed E-state index contributed by atoms with van der Waals surface area (Å²) in [7, 11) is 0. The minimum absolute atomic E-state index is 0.458. The van der Waals surface area contributed by atoms with Crippen molar-refractivity contribution in [3.05, 3.63) is 10.8 Å². The summed E-state index contributed by atoms with van der Waals surface area (Å²) in [5, 5.41) is 3.33. The lowest BCUT2D eigenvalue weighted by molar-refractivity contribution is 0.279. The van der Waals surface area contributed by atoms with Crippen molar-refractivity contribution in [2.45, 2.75) is 40.0 Å². The zero-order chi connectivity index (χ0) is 13.9. The molecule has 0 aliphatic carbocycles. The van der Waals surface area contributed by atoms with Gasteiger partial charge >= 0.3 is 0 Å². The van der Waals surface area contributed by atoms with E-state index in [1.165, 1.54) is 12.8 Å². The third kappa shape index (κ3) is 3.59. The highest BCUT2D eigenvalue weighted by Gasteiger charge is 2.27. The lowest BCUT2D eigenvalue weighted by Gasteiger charge is -2.37. The van der Waals surface area contributed by atoms with Crippen LogP contribution in [0.15, 0.2) is 10.8 Å².